The van der Waals surface area contributed by atoms with Crippen LogP contribution in [0.2, 0.25) is 0 Å². The van der Waals surface area contributed by atoms with Crippen LogP contribution in [0.4, 0.5) is 0 Å². The Balaban J connectivity index is 2.91. The Morgan fingerprint density at radius 1 is 1.36 bits per heavy atom. The lowest BCUT2D eigenvalue weighted by molar-refractivity contribution is 0.426. The molecule has 0 bridgehead atoms. The lowest BCUT2D eigenvalue weighted by Gasteiger charge is -2.00. The molecule has 0 saturated heterocycles. The summed E-state index contributed by atoms with van der Waals surface area (Å²) in [4.78, 5) is 0. The molecule has 0 aliphatic heterocycles. The van der Waals surface area contributed by atoms with E-state index in [4.69, 9.17) is 10.0 Å². The van der Waals surface area contributed by atoms with Gasteiger partial charge < -0.3 is 10.0 Å². The number of rotatable bonds is 2. The van der Waals surface area contributed by atoms with Crippen molar-refractivity contribution >= 4 is 35.2 Å². The first-order valence-corrected chi connectivity index (χ1v) is 4.77. The van der Waals surface area contributed by atoms with Crippen LogP contribution in [0.25, 0.3) is 0 Å². The zero-order valence-electron chi connectivity index (χ0n) is 5.87. The minimum atomic E-state index is -1.35. The van der Waals surface area contributed by atoms with Crippen molar-refractivity contribution in [3.05, 3.63) is 29.8 Å². The molecule has 0 fully saturated rings. The maximum absolute atomic E-state index is 8.80. The lowest BCUT2D eigenvalue weighted by Crippen LogP contribution is -2.29. The highest BCUT2D eigenvalue weighted by Crippen LogP contribution is 2.02. The molecule has 0 amide bonds. The fourth-order valence-corrected chi connectivity index (χ4v) is 1.31. The minimum absolute atomic E-state index is 0.555. The van der Waals surface area contributed by atoms with Gasteiger partial charge in [-0.3, -0.25) is 0 Å². The third-order valence-electron chi connectivity index (χ3n) is 1.40. The summed E-state index contributed by atoms with van der Waals surface area (Å²) in [5.74, 6) is 0. The van der Waals surface area contributed by atoms with Gasteiger partial charge in [0.1, 0.15) is 0 Å². The third kappa shape index (κ3) is 2.46. The van der Waals surface area contributed by atoms with Crippen molar-refractivity contribution in [1.82, 2.24) is 0 Å². The minimum Gasteiger partial charge on any atom is -0.423 e. The van der Waals surface area contributed by atoms with Crippen molar-refractivity contribution in [1.29, 1.82) is 0 Å². The van der Waals surface area contributed by atoms with E-state index in [-0.39, 0.29) is 0 Å². The van der Waals surface area contributed by atoms with Crippen molar-refractivity contribution in [3.8, 4) is 0 Å². The van der Waals surface area contributed by atoms with E-state index in [1.165, 1.54) is 0 Å². The van der Waals surface area contributed by atoms with Gasteiger partial charge in [-0.15, -0.1) is 0 Å². The van der Waals surface area contributed by atoms with Gasteiger partial charge in [-0.25, -0.2) is 0 Å². The first-order chi connectivity index (χ1) is 5.24. The molecular formula is C7H8BIO2. The van der Waals surface area contributed by atoms with E-state index < -0.39 is 7.12 Å². The monoisotopic (exact) mass is 262 g/mol. The number of hydrogen-bond acceptors (Lipinski definition) is 2. The second-order valence-corrected chi connectivity index (χ2v) is 3.02. The molecule has 0 unspecified atom stereocenters. The second kappa shape index (κ2) is 4.08. The highest BCUT2D eigenvalue weighted by molar-refractivity contribution is 14.1. The number of halogens is 1. The molecule has 58 valence electrons. The Bertz CT molecular complexity index is 240. The standard InChI is InChI=1S/C7H8BIO2/c9-5-6-2-1-3-7(4-6)8(10)11/h1-4,10-11H,5H2. The molecule has 0 aliphatic rings. The number of benzene rings is 1. The summed E-state index contributed by atoms with van der Waals surface area (Å²) >= 11 is 2.23. The summed E-state index contributed by atoms with van der Waals surface area (Å²) in [6.45, 7) is 0. The predicted octanol–water partition coefficient (Wildman–Crippen LogP) is 0.301. The topological polar surface area (TPSA) is 40.5 Å². The van der Waals surface area contributed by atoms with Gasteiger partial charge in [-0.2, -0.15) is 0 Å². The first-order valence-electron chi connectivity index (χ1n) is 3.25. The molecule has 0 radical (unpaired) electrons. The van der Waals surface area contributed by atoms with Crippen molar-refractivity contribution in [2.75, 3.05) is 0 Å². The van der Waals surface area contributed by atoms with Crippen LogP contribution in [0.15, 0.2) is 24.3 Å². The van der Waals surface area contributed by atoms with Gasteiger partial charge in [-0.1, -0.05) is 46.9 Å². The molecular weight excluding hydrogens is 254 g/mol. The SMILES string of the molecule is OB(O)c1cccc(CI)c1. The van der Waals surface area contributed by atoms with Gasteiger partial charge >= 0.3 is 7.12 Å². The Kier molecular flexibility index (Phi) is 3.35. The van der Waals surface area contributed by atoms with Gasteiger partial charge in [0.25, 0.3) is 0 Å². The number of alkyl halides is 1. The van der Waals surface area contributed by atoms with Gasteiger partial charge in [0.05, 0.1) is 0 Å². The third-order valence-corrected chi connectivity index (χ3v) is 2.28. The average Bonchev–Trinajstić information content (AvgIpc) is 2.05. The molecule has 11 heavy (non-hydrogen) atoms. The van der Waals surface area contributed by atoms with Crippen molar-refractivity contribution in [3.63, 3.8) is 0 Å². The van der Waals surface area contributed by atoms with Crippen molar-refractivity contribution in [2.24, 2.45) is 0 Å². The average molecular weight is 262 g/mol. The molecule has 0 atom stereocenters. The molecule has 0 aliphatic carbocycles. The molecule has 1 aromatic carbocycles. The molecule has 4 heteroatoms. The zero-order valence-corrected chi connectivity index (χ0v) is 8.02. The fraction of sp³-hybridized carbons (Fsp3) is 0.143. The summed E-state index contributed by atoms with van der Waals surface area (Å²) in [6.07, 6.45) is 0. The smallest absolute Gasteiger partial charge is 0.423 e. The van der Waals surface area contributed by atoms with E-state index in [1.54, 1.807) is 12.1 Å². The normalized spacial score (nSPS) is 9.73. The lowest BCUT2D eigenvalue weighted by atomic mass is 9.80. The Labute approximate surface area is 79.5 Å². The van der Waals surface area contributed by atoms with E-state index in [1.807, 2.05) is 12.1 Å². The van der Waals surface area contributed by atoms with Crippen molar-refractivity contribution < 1.29 is 10.0 Å². The molecule has 0 saturated carbocycles. The summed E-state index contributed by atoms with van der Waals surface area (Å²) in [6, 6.07) is 7.26. The van der Waals surface area contributed by atoms with Crippen LogP contribution in [0.5, 0.6) is 0 Å². The Hall–Kier alpha value is -0.0651. The summed E-state index contributed by atoms with van der Waals surface area (Å²) in [7, 11) is -1.35. The molecule has 2 N–H and O–H groups in total. The Morgan fingerprint density at radius 2 is 2.09 bits per heavy atom. The molecule has 2 nitrogen and oxygen atoms in total. The maximum Gasteiger partial charge on any atom is 0.488 e. The summed E-state index contributed by atoms with van der Waals surface area (Å²) < 4.78 is 0.887. The summed E-state index contributed by atoms with van der Waals surface area (Å²) in [5.41, 5.74) is 1.66. The van der Waals surface area contributed by atoms with E-state index >= 15 is 0 Å². The summed E-state index contributed by atoms with van der Waals surface area (Å²) in [5, 5.41) is 17.6. The highest BCUT2D eigenvalue weighted by atomic mass is 127. The van der Waals surface area contributed by atoms with Gasteiger partial charge in [0.15, 0.2) is 0 Å². The van der Waals surface area contributed by atoms with Gasteiger partial charge in [0.2, 0.25) is 0 Å². The fourth-order valence-electron chi connectivity index (χ4n) is 0.837. The van der Waals surface area contributed by atoms with E-state index in [9.17, 15) is 0 Å². The van der Waals surface area contributed by atoms with Crippen LogP contribution in [0.3, 0.4) is 0 Å². The molecule has 0 heterocycles. The first kappa shape index (κ1) is 9.03. The largest absolute Gasteiger partial charge is 0.488 e. The van der Waals surface area contributed by atoms with Crippen LogP contribution in [0.1, 0.15) is 5.56 Å². The second-order valence-electron chi connectivity index (χ2n) is 2.25. The number of hydrogen-bond donors (Lipinski definition) is 2. The zero-order chi connectivity index (χ0) is 8.27. The quantitative estimate of drug-likeness (QED) is 0.457. The van der Waals surface area contributed by atoms with Crippen LogP contribution >= 0.6 is 22.6 Å². The van der Waals surface area contributed by atoms with E-state index in [0.29, 0.717) is 5.46 Å². The maximum atomic E-state index is 8.80. The molecule has 0 spiro atoms. The van der Waals surface area contributed by atoms with Crippen LogP contribution in [-0.2, 0) is 4.43 Å². The molecule has 1 rings (SSSR count). The van der Waals surface area contributed by atoms with Gasteiger partial charge in [-0.05, 0) is 11.0 Å². The molecule has 1 aromatic rings. The Morgan fingerprint density at radius 3 is 2.64 bits per heavy atom. The van der Waals surface area contributed by atoms with E-state index in [2.05, 4.69) is 22.6 Å². The van der Waals surface area contributed by atoms with Gasteiger partial charge in [0, 0.05) is 4.43 Å². The highest BCUT2D eigenvalue weighted by Gasteiger charge is 2.09. The van der Waals surface area contributed by atoms with Crippen LogP contribution in [0, 0.1) is 0 Å². The van der Waals surface area contributed by atoms with E-state index in [0.717, 1.165) is 9.99 Å². The molecule has 0 aromatic heterocycles. The van der Waals surface area contributed by atoms with Crippen LogP contribution in [-0.4, -0.2) is 17.2 Å². The predicted molar refractivity (Wildman–Crippen MR) is 54.0 cm³/mol. The van der Waals surface area contributed by atoms with Crippen LogP contribution < -0.4 is 5.46 Å². The van der Waals surface area contributed by atoms with Crippen molar-refractivity contribution in [2.45, 2.75) is 4.43 Å².